The molecule has 1 heterocycles. The zero-order valence-electron chi connectivity index (χ0n) is 14.5. The minimum Gasteiger partial charge on any atom is -0.299 e. The average Bonchev–Trinajstić information content (AvgIpc) is 2.63. The number of rotatable bonds is 8. The van der Waals surface area contributed by atoms with Crippen molar-refractivity contribution in [2.75, 3.05) is 6.54 Å². The third-order valence-electron chi connectivity index (χ3n) is 3.76. The summed E-state index contributed by atoms with van der Waals surface area (Å²) in [5.74, 6) is 0.192. The standard InChI is InChI=1S/C17H29NO3S/c1-12(2)22-13-11-15(20)18(16(13)21)10-8-6-7-9-14(19)17(3,4)5/h12-13H,6-11H2,1-5H3. The van der Waals surface area contributed by atoms with E-state index < -0.39 is 0 Å². The van der Waals surface area contributed by atoms with Crippen molar-refractivity contribution in [2.24, 2.45) is 5.41 Å². The second kappa shape index (κ2) is 8.14. The molecule has 5 heteroatoms. The lowest BCUT2D eigenvalue weighted by molar-refractivity contribution is -0.138. The first-order valence-electron chi connectivity index (χ1n) is 8.16. The SMILES string of the molecule is CC(C)SC1CC(=O)N(CCCCCC(=O)C(C)(C)C)C1=O. The number of amides is 2. The van der Waals surface area contributed by atoms with E-state index in [0.29, 0.717) is 24.6 Å². The zero-order chi connectivity index (χ0) is 16.9. The summed E-state index contributed by atoms with van der Waals surface area (Å²) in [6.07, 6.45) is 3.41. The van der Waals surface area contributed by atoms with Gasteiger partial charge in [-0.05, 0) is 18.1 Å². The number of unbranched alkanes of at least 4 members (excludes halogenated alkanes) is 2. The second-order valence-electron chi connectivity index (χ2n) is 7.25. The van der Waals surface area contributed by atoms with E-state index in [1.807, 2.05) is 34.6 Å². The van der Waals surface area contributed by atoms with Crippen LogP contribution < -0.4 is 0 Å². The predicted octanol–water partition coefficient (Wildman–Crippen LogP) is 3.43. The summed E-state index contributed by atoms with van der Waals surface area (Å²) in [5, 5.41) is 0.153. The minimum atomic E-state index is -0.276. The molecule has 0 aromatic carbocycles. The minimum absolute atomic E-state index is 0.0329. The molecule has 0 aromatic rings. The Hall–Kier alpha value is -0.840. The molecule has 1 atom stereocenters. The van der Waals surface area contributed by atoms with Crippen LogP contribution in [-0.4, -0.2) is 39.5 Å². The molecular formula is C17H29NO3S. The number of hydrogen-bond donors (Lipinski definition) is 0. The first-order valence-corrected chi connectivity index (χ1v) is 9.10. The molecule has 126 valence electrons. The molecule has 1 unspecified atom stereocenters. The maximum Gasteiger partial charge on any atom is 0.242 e. The van der Waals surface area contributed by atoms with E-state index in [9.17, 15) is 14.4 Å². The molecule has 0 N–H and O–H groups in total. The van der Waals surface area contributed by atoms with Gasteiger partial charge in [0, 0.05) is 24.8 Å². The Morgan fingerprint density at radius 1 is 1.23 bits per heavy atom. The number of Topliss-reactive ketones (excluding diaryl/α,β-unsaturated/α-hetero) is 1. The van der Waals surface area contributed by atoms with Gasteiger partial charge < -0.3 is 0 Å². The molecule has 0 saturated carbocycles. The maximum absolute atomic E-state index is 12.2. The van der Waals surface area contributed by atoms with Crippen LogP contribution in [-0.2, 0) is 14.4 Å². The molecule has 1 fully saturated rings. The van der Waals surface area contributed by atoms with E-state index in [0.717, 1.165) is 19.3 Å². The molecule has 0 aliphatic carbocycles. The number of likely N-dealkylation sites (tertiary alicyclic amines) is 1. The summed E-state index contributed by atoms with van der Waals surface area (Å²) in [6, 6.07) is 0. The van der Waals surface area contributed by atoms with Crippen molar-refractivity contribution >= 4 is 29.4 Å². The highest BCUT2D eigenvalue weighted by atomic mass is 32.2. The van der Waals surface area contributed by atoms with Crippen molar-refractivity contribution in [3.8, 4) is 0 Å². The Labute approximate surface area is 138 Å². The Bertz CT molecular complexity index is 426. The number of carbonyl (C=O) groups is 3. The quantitative estimate of drug-likeness (QED) is 0.506. The summed E-state index contributed by atoms with van der Waals surface area (Å²) in [4.78, 5) is 37.3. The van der Waals surface area contributed by atoms with Crippen LogP contribution in [0.4, 0.5) is 0 Å². The normalized spacial score (nSPS) is 19.4. The van der Waals surface area contributed by atoms with E-state index in [2.05, 4.69) is 0 Å². The summed E-state index contributed by atoms with van der Waals surface area (Å²) >= 11 is 1.57. The number of nitrogens with zero attached hydrogens (tertiary/aromatic N) is 1. The van der Waals surface area contributed by atoms with Crippen molar-refractivity contribution in [2.45, 2.75) is 77.2 Å². The van der Waals surface area contributed by atoms with Gasteiger partial charge in [0.15, 0.2) is 0 Å². The van der Waals surface area contributed by atoms with Crippen LogP contribution in [0.2, 0.25) is 0 Å². The molecule has 22 heavy (non-hydrogen) atoms. The fourth-order valence-corrected chi connectivity index (χ4v) is 3.57. The highest BCUT2D eigenvalue weighted by molar-refractivity contribution is 8.01. The highest BCUT2D eigenvalue weighted by Crippen LogP contribution is 2.28. The topological polar surface area (TPSA) is 54.5 Å². The van der Waals surface area contributed by atoms with Gasteiger partial charge in [0.25, 0.3) is 0 Å². The summed E-state index contributed by atoms with van der Waals surface area (Å²) in [7, 11) is 0. The molecule has 0 radical (unpaired) electrons. The maximum atomic E-state index is 12.2. The van der Waals surface area contributed by atoms with Crippen LogP contribution >= 0.6 is 11.8 Å². The van der Waals surface area contributed by atoms with E-state index in [4.69, 9.17) is 0 Å². The first-order chi connectivity index (χ1) is 10.1. The van der Waals surface area contributed by atoms with Crippen molar-refractivity contribution in [1.29, 1.82) is 0 Å². The lowest BCUT2D eigenvalue weighted by Gasteiger charge is -2.17. The van der Waals surface area contributed by atoms with Gasteiger partial charge in [0.2, 0.25) is 11.8 Å². The van der Waals surface area contributed by atoms with Crippen molar-refractivity contribution in [3.05, 3.63) is 0 Å². The van der Waals surface area contributed by atoms with Gasteiger partial charge in [-0.3, -0.25) is 19.3 Å². The van der Waals surface area contributed by atoms with Gasteiger partial charge in [-0.25, -0.2) is 0 Å². The Balaban J connectivity index is 2.29. The second-order valence-corrected chi connectivity index (χ2v) is 9.03. The van der Waals surface area contributed by atoms with Gasteiger partial charge in [0.05, 0.1) is 5.25 Å². The third-order valence-corrected chi connectivity index (χ3v) is 5.00. The van der Waals surface area contributed by atoms with Gasteiger partial charge >= 0.3 is 0 Å². The molecule has 1 rings (SSSR count). The Kier molecular flexibility index (Phi) is 7.10. The van der Waals surface area contributed by atoms with Crippen molar-refractivity contribution < 1.29 is 14.4 Å². The fraction of sp³-hybridized carbons (Fsp3) is 0.824. The monoisotopic (exact) mass is 327 g/mol. The number of hydrogen-bond acceptors (Lipinski definition) is 4. The third kappa shape index (κ3) is 5.75. The largest absolute Gasteiger partial charge is 0.299 e. The first kappa shape index (κ1) is 19.2. The molecule has 4 nitrogen and oxygen atoms in total. The van der Waals surface area contributed by atoms with E-state index >= 15 is 0 Å². The van der Waals surface area contributed by atoms with Gasteiger partial charge in [-0.15, -0.1) is 11.8 Å². The molecule has 0 bridgehead atoms. The smallest absolute Gasteiger partial charge is 0.242 e. The van der Waals surface area contributed by atoms with Gasteiger partial charge in [-0.2, -0.15) is 0 Å². The Morgan fingerprint density at radius 3 is 2.41 bits per heavy atom. The Morgan fingerprint density at radius 2 is 1.86 bits per heavy atom. The number of imide groups is 1. The molecule has 2 amide bonds. The summed E-state index contributed by atoms with van der Waals surface area (Å²) < 4.78 is 0. The fourth-order valence-electron chi connectivity index (χ4n) is 2.43. The molecule has 0 aromatic heterocycles. The number of ketones is 1. The van der Waals surface area contributed by atoms with E-state index in [1.54, 1.807) is 11.8 Å². The van der Waals surface area contributed by atoms with E-state index in [-0.39, 0.29) is 28.3 Å². The van der Waals surface area contributed by atoms with Crippen LogP contribution in [0, 0.1) is 5.41 Å². The number of thioether (sulfide) groups is 1. The molecule has 1 aliphatic rings. The van der Waals surface area contributed by atoms with Crippen LogP contribution in [0.5, 0.6) is 0 Å². The van der Waals surface area contributed by atoms with E-state index in [1.165, 1.54) is 4.90 Å². The lowest BCUT2D eigenvalue weighted by Crippen LogP contribution is -2.32. The zero-order valence-corrected chi connectivity index (χ0v) is 15.3. The average molecular weight is 327 g/mol. The van der Waals surface area contributed by atoms with Crippen LogP contribution in [0.25, 0.3) is 0 Å². The van der Waals surface area contributed by atoms with Gasteiger partial charge in [-0.1, -0.05) is 41.0 Å². The number of carbonyl (C=O) groups excluding carboxylic acids is 3. The van der Waals surface area contributed by atoms with Gasteiger partial charge in [0.1, 0.15) is 5.78 Å². The molecule has 1 aliphatic heterocycles. The predicted molar refractivity (Wildman–Crippen MR) is 90.8 cm³/mol. The lowest BCUT2D eigenvalue weighted by atomic mass is 9.88. The molecule has 0 spiro atoms. The van der Waals surface area contributed by atoms with Crippen molar-refractivity contribution in [3.63, 3.8) is 0 Å². The van der Waals surface area contributed by atoms with Crippen molar-refractivity contribution in [1.82, 2.24) is 4.90 Å². The molecule has 1 saturated heterocycles. The highest BCUT2D eigenvalue weighted by Gasteiger charge is 2.38. The molecular weight excluding hydrogens is 298 g/mol. The van der Waals surface area contributed by atoms with Crippen LogP contribution in [0.3, 0.4) is 0 Å². The summed E-state index contributed by atoms with van der Waals surface area (Å²) in [5.41, 5.74) is -0.276. The summed E-state index contributed by atoms with van der Waals surface area (Å²) in [6.45, 7) is 10.4. The van der Waals surface area contributed by atoms with Crippen LogP contribution in [0.15, 0.2) is 0 Å². The van der Waals surface area contributed by atoms with Crippen LogP contribution in [0.1, 0.15) is 66.7 Å².